The summed E-state index contributed by atoms with van der Waals surface area (Å²) in [6, 6.07) is 6.56. The highest BCUT2D eigenvalue weighted by Crippen LogP contribution is 2.26. The molecule has 0 amide bonds. The number of likely N-dealkylation sites (tertiary alicyclic amines) is 1. The Morgan fingerprint density at radius 2 is 2.14 bits per heavy atom. The van der Waals surface area contributed by atoms with Gasteiger partial charge in [0.05, 0.1) is 11.7 Å². The predicted molar refractivity (Wildman–Crippen MR) is 81.9 cm³/mol. The number of imidazole rings is 1. The summed E-state index contributed by atoms with van der Waals surface area (Å²) in [6.07, 6.45) is 8.00. The van der Waals surface area contributed by atoms with E-state index in [1.165, 1.54) is 23.8 Å². The first-order valence-electron chi connectivity index (χ1n) is 7.52. The summed E-state index contributed by atoms with van der Waals surface area (Å²) in [5, 5.41) is 8.30. The molecular weight excluding hydrogens is 262 g/mol. The highest BCUT2D eigenvalue weighted by molar-refractivity contribution is 5.78. The molecule has 1 aliphatic rings. The zero-order chi connectivity index (χ0) is 14.1. The lowest BCUT2D eigenvalue weighted by Gasteiger charge is -2.31. The average molecular weight is 281 g/mol. The molecule has 3 aromatic rings. The van der Waals surface area contributed by atoms with Crippen LogP contribution in [-0.4, -0.2) is 38.2 Å². The molecule has 2 N–H and O–H groups in total. The Kier molecular flexibility index (Phi) is 3.20. The van der Waals surface area contributed by atoms with Crippen LogP contribution in [0, 0.1) is 0 Å². The second-order valence-corrected chi connectivity index (χ2v) is 5.82. The normalized spacial score (nSPS) is 17.5. The van der Waals surface area contributed by atoms with Crippen molar-refractivity contribution in [1.29, 1.82) is 0 Å². The van der Waals surface area contributed by atoms with Gasteiger partial charge >= 0.3 is 0 Å². The third kappa shape index (κ3) is 2.56. The third-order valence-electron chi connectivity index (χ3n) is 4.41. The van der Waals surface area contributed by atoms with Gasteiger partial charge in [-0.3, -0.25) is 10.00 Å². The smallest absolute Gasteiger partial charge is 0.109 e. The molecule has 3 heterocycles. The highest BCUT2D eigenvalue weighted by atomic mass is 15.1. The van der Waals surface area contributed by atoms with E-state index < -0.39 is 0 Å². The maximum absolute atomic E-state index is 4.39. The van der Waals surface area contributed by atoms with Crippen LogP contribution in [0.25, 0.3) is 10.9 Å². The van der Waals surface area contributed by atoms with E-state index in [1.807, 2.05) is 18.6 Å². The molecule has 1 aromatic carbocycles. The lowest BCUT2D eigenvalue weighted by molar-refractivity contribution is 0.202. The molecule has 0 bridgehead atoms. The predicted octanol–water partition coefficient (Wildman–Crippen LogP) is 2.67. The first kappa shape index (κ1) is 12.6. The Balaban J connectivity index is 1.40. The van der Waals surface area contributed by atoms with Gasteiger partial charge in [-0.05, 0) is 37.6 Å². The summed E-state index contributed by atoms with van der Waals surface area (Å²) in [4.78, 5) is 10.2. The third-order valence-corrected chi connectivity index (χ3v) is 4.41. The van der Waals surface area contributed by atoms with Crippen molar-refractivity contribution in [2.24, 2.45) is 0 Å². The first-order valence-corrected chi connectivity index (χ1v) is 7.52. The van der Waals surface area contributed by atoms with E-state index in [0.29, 0.717) is 5.92 Å². The maximum Gasteiger partial charge on any atom is 0.109 e. The van der Waals surface area contributed by atoms with Crippen molar-refractivity contribution in [3.8, 4) is 0 Å². The Morgan fingerprint density at radius 3 is 2.95 bits per heavy atom. The molecule has 0 atom stereocenters. The molecule has 21 heavy (non-hydrogen) atoms. The molecule has 0 unspecified atom stereocenters. The van der Waals surface area contributed by atoms with E-state index in [2.05, 4.69) is 43.3 Å². The van der Waals surface area contributed by atoms with Crippen LogP contribution >= 0.6 is 0 Å². The Bertz CT molecular complexity index is 707. The summed E-state index contributed by atoms with van der Waals surface area (Å²) < 4.78 is 0. The minimum Gasteiger partial charge on any atom is -0.348 e. The van der Waals surface area contributed by atoms with Crippen molar-refractivity contribution in [2.75, 3.05) is 13.1 Å². The first-order chi connectivity index (χ1) is 10.4. The molecule has 4 rings (SSSR count). The van der Waals surface area contributed by atoms with Crippen molar-refractivity contribution >= 4 is 10.9 Å². The van der Waals surface area contributed by atoms with Gasteiger partial charge in [-0.1, -0.05) is 12.1 Å². The molecule has 5 nitrogen and oxygen atoms in total. The molecule has 0 radical (unpaired) electrons. The number of hydrogen-bond donors (Lipinski definition) is 2. The summed E-state index contributed by atoms with van der Waals surface area (Å²) >= 11 is 0. The summed E-state index contributed by atoms with van der Waals surface area (Å²) in [5.74, 6) is 1.74. The van der Waals surface area contributed by atoms with Gasteiger partial charge in [0, 0.05) is 30.2 Å². The minimum absolute atomic E-state index is 0.589. The van der Waals surface area contributed by atoms with Crippen LogP contribution in [0.2, 0.25) is 0 Å². The van der Waals surface area contributed by atoms with Gasteiger partial charge in [0.15, 0.2) is 0 Å². The van der Waals surface area contributed by atoms with Gasteiger partial charge < -0.3 is 4.98 Å². The van der Waals surface area contributed by atoms with Crippen molar-refractivity contribution in [2.45, 2.75) is 25.3 Å². The van der Waals surface area contributed by atoms with Gasteiger partial charge in [-0.25, -0.2) is 4.98 Å². The van der Waals surface area contributed by atoms with Crippen LogP contribution in [0.15, 0.2) is 36.8 Å². The molecule has 0 saturated carbocycles. The Labute approximate surface area is 123 Å². The van der Waals surface area contributed by atoms with Gasteiger partial charge in [0.25, 0.3) is 0 Å². The second-order valence-electron chi connectivity index (χ2n) is 5.82. The lowest BCUT2D eigenvalue weighted by atomic mass is 9.96. The van der Waals surface area contributed by atoms with Crippen LogP contribution < -0.4 is 0 Å². The number of H-pyrrole nitrogens is 2. The molecule has 1 fully saturated rings. The maximum atomic E-state index is 4.39. The SMILES string of the molecule is c1c[nH]c(C2CCN(Cc3ccc4cn[nH]c4c3)CC2)n1. The molecular formula is C16H19N5. The van der Waals surface area contributed by atoms with Crippen molar-refractivity contribution < 1.29 is 0 Å². The van der Waals surface area contributed by atoms with E-state index >= 15 is 0 Å². The van der Waals surface area contributed by atoms with E-state index in [9.17, 15) is 0 Å². The highest BCUT2D eigenvalue weighted by Gasteiger charge is 2.22. The topological polar surface area (TPSA) is 60.6 Å². The summed E-state index contributed by atoms with van der Waals surface area (Å²) in [7, 11) is 0. The van der Waals surface area contributed by atoms with E-state index in [0.717, 1.165) is 31.0 Å². The van der Waals surface area contributed by atoms with Gasteiger partial charge in [-0.15, -0.1) is 0 Å². The van der Waals surface area contributed by atoms with Crippen molar-refractivity contribution in [3.05, 3.63) is 48.2 Å². The molecule has 0 aliphatic carbocycles. The molecule has 108 valence electrons. The fraction of sp³-hybridized carbons (Fsp3) is 0.375. The van der Waals surface area contributed by atoms with Gasteiger partial charge in [-0.2, -0.15) is 5.10 Å². The number of aromatic nitrogens is 4. The molecule has 2 aromatic heterocycles. The summed E-state index contributed by atoms with van der Waals surface area (Å²) in [5.41, 5.74) is 2.47. The number of aromatic amines is 2. The molecule has 1 aliphatic heterocycles. The fourth-order valence-corrected chi connectivity index (χ4v) is 3.21. The number of hydrogen-bond acceptors (Lipinski definition) is 3. The van der Waals surface area contributed by atoms with E-state index in [1.54, 1.807) is 0 Å². The lowest BCUT2D eigenvalue weighted by Crippen LogP contribution is -2.32. The van der Waals surface area contributed by atoms with Gasteiger partial charge in [0.1, 0.15) is 5.82 Å². The number of nitrogens with zero attached hydrogens (tertiary/aromatic N) is 3. The molecule has 5 heteroatoms. The zero-order valence-corrected chi connectivity index (χ0v) is 11.9. The number of benzene rings is 1. The van der Waals surface area contributed by atoms with Gasteiger partial charge in [0.2, 0.25) is 0 Å². The van der Waals surface area contributed by atoms with Crippen LogP contribution in [0.5, 0.6) is 0 Å². The van der Waals surface area contributed by atoms with Crippen LogP contribution in [-0.2, 0) is 6.54 Å². The largest absolute Gasteiger partial charge is 0.348 e. The molecule has 1 saturated heterocycles. The number of fused-ring (bicyclic) bond motifs is 1. The standard InChI is InChI=1S/C16H19N5/c1-2-14-10-19-20-15(14)9-12(1)11-21-7-3-13(4-8-21)16-17-5-6-18-16/h1-2,5-6,9-10,13H,3-4,7-8,11H2,(H,17,18)(H,19,20). The second kappa shape index (κ2) is 5.33. The Hall–Kier alpha value is -2.14. The quantitative estimate of drug-likeness (QED) is 0.776. The average Bonchev–Trinajstić information content (AvgIpc) is 3.19. The van der Waals surface area contributed by atoms with Crippen LogP contribution in [0.1, 0.15) is 30.1 Å². The van der Waals surface area contributed by atoms with Crippen molar-refractivity contribution in [3.63, 3.8) is 0 Å². The minimum atomic E-state index is 0.589. The zero-order valence-electron chi connectivity index (χ0n) is 11.9. The number of rotatable bonds is 3. The molecule has 0 spiro atoms. The number of nitrogens with one attached hydrogen (secondary N) is 2. The van der Waals surface area contributed by atoms with Crippen LogP contribution in [0.3, 0.4) is 0 Å². The van der Waals surface area contributed by atoms with Crippen LogP contribution in [0.4, 0.5) is 0 Å². The fourth-order valence-electron chi connectivity index (χ4n) is 3.21. The summed E-state index contributed by atoms with van der Waals surface area (Å²) in [6.45, 7) is 3.28. The number of piperidine rings is 1. The monoisotopic (exact) mass is 281 g/mol. The van der Waals surface area contributed by atoms with E-state index in [4.69, 9.17) is 0 Å². The Morgan fingerprint density at radius 1 is 1.24 bits per heavy atom. The van der Waals surface area contributed by atoms with Crippen molar-refractivity contribution in [1.82, 2.24) is 25.1 Å². The van der Waals surface area contributed by atoms with E-state index in [-0.39, 0.29) is 0 Å².